The smallest absolute Gasteiger partial charge is 0.295 e. The van der Waals surface area contributed by atoms with Gasteiger partial charge in [-0.05, 0) is 20.3 Å². The zero-order chi connectivity index (χ0) is 12.2. The lowest BCUT2D eigenvalue weighted by molar-refractivity contribution is -0.115. The first-order valence-electron chi connectivity index (χ1n) is 4.50. The lowest BCUT2D eigenvalue weighted by Gasteiger charge is -2.15. The molecule has 86 valence electrons. The minimum Gasteiger partial charge on any atom is -0.295 e. The van der Waals surface area contributed by atoms with Gasteiger partial charge < -0.3 is 0 Å². The van der Waals surface area contributed by atoms with Crippen molar-refractivity contribution in [3.63, 3.8) is 0 Å². The van der Waals surface area contributed by atoms with E-state index >= 15 is 0 Å². The lowest BCUT2D eigenvalue weighted by atomic mass is 9.98. The summed E-state index contributed by atoms with van der Waals surface area (Å²) in [4.78, 5) is 14.6. The second-order valence-electron chi connectivity index (χ2n) is 3.07. The van der Waals surface area contributed by atoms with Crippen LogP contribution in [-0.2, 0) is 4.79 Å². The van der Waals surface area contributed by atoms with Crippen molar-refractivity contribution >= 4 is 11.5 Å². The Hall–Kier alpha value is -1.13. The zero-order valence-corrected chi connectivity index (χ0v) is 9.20. The largest absolute Gasteiger partial charge is 0.418 e. The third-order valence-electron chi connectivity index (χ3n) is 2.06. The van der Waals surface area contributed by atoms with E-state index in [1.54, 1.807) is 0 Å². The van der Waals surface area contributed by atoms with Gasteiger partial charge in [-0.3, -0.25) is 9.79 Å². The maximum atomic E-state index is 12.7. The Morgan fingerprint density at radius 2 is 1.73 bits per heavy atom. The Morgan fingerprint density at radius 1 is 1.27 bits per heavy atom. The van der Waals surface area contributed by atoms with Crippen LogP contribution in [0.1, 0.15) is 27.2 Å². The Balaban J connectivity index is 5.74. The molecule has 0 radical (unpaired) electrons. The van der Waals surface area contributed by atoms with Crippen LogP contribution in [0.2, 0.25) is 0 Å². The predicted molar refractivity (Wildman–Crippen MR) is 53.1 cm³/mol. The highest BCUT2D eigenvalue weighted by Crippen LogP contribution is 2.30. The van der Waals surface area contributed by atoms with Gasteiger partial charge in [-0.1, -0.05) is 6.92 Å². The summed E-state index contributed by atoms with van der Waals surface area (Å²) in [5, 5.41) is 0. The Bertz CT molecular complexity index is 313. The van der Waals surface area contributed by atoms with E-state index in [1.165, 1.54) is 20.9 Å². The number of halogens is 3. The second-order valence-corrected chi connectivity index (χ2v) is 3.07. The van der Waals surface area contributed by atoms with Gasteiger partial charge in [0.25, 0.3) is 0 Å². The molecule has 0 amide bonds. The normalized spacial score (nSPS) is 15.0. The van der Waals surface area contributed by atoms with Gasteiger partial charge >= 0.3 is 6.18 Å². The van der Waals surface area contributed by atoms with E-state index in [-0.39, 0.29) is 17.7 Å². The van der Waals surface area contributed by atoms with Crippen molar-refractivity contribution in [2.75, 3.05) is 7.05 Å². The molecule has 0 saturated carbocycles. The van der Waals surface area contributed by atoms with Gasteiger partial charge in [-0.2, -0.15) is 13.2 Å². The first kappa shape index (κ1) is 13.9. The molecule has 0 aliphatic rings. The highest BCUT2D eigenvalue weighted by atomic mass is 19.4. The molecule has 0 aromatic carbocycles. The van der Waals surface area contributed by atoms with Crippen LogP contribution in [0.4, 0.5) is 13.2 Å². The molecule has 0 bridgehead atoms. The number of carbonyl (C=O) groups is 1. The summed E-state index contributed by atoms with van der Waals surface area (Å²) < 4.78 is 38.0. The number of rotatable bonds is 3. The Kier molecular flexibility index (Phi) is 4.71. The molecule has 0 fully saturated rings. The lowest BCUT2D eigenvalue weighted by Crippen LogP contribution is -2.22. The molecule has 0 rings (SSSR count). The van der Waals surface area contributed by atoms with Crippen LogP contribution >= 0.6 is 0 Å². The minimum absolute atomic E-state index is 0.0526. The maximum absolute atomic E-state index is 12.7. The van der Waals surface area contributed by atoms with E-state index in [1.807, 2.05) is 0 Å². The number of nitrogens with zero attached hydrogens (tertiary/aromatic N) is 1. The molecule has 0 aliphatic carbocycles. The van der Waals surface area contributed by atoms with Crippen molar-refractivity contribution in [2.45, 2.75) is 33.4 Å². The molecular formula is C10H14F3NO. The summed E-state index contributed by atoms with van der Waals surface area (Å²) in [6, 6.07) is 0. The SMILES string of the molecule is CC/C(C(C)=O)=C(\C(C)=NC)C(F)(F)F. The second kappa shape index (κ2) is 5.09. The molecule has 5 heteroatoms. The first-order valence-corrected chi connectivity index (χ1v) is 4.50. The Labute approximate surface area is 86.9 Å². The van der Waals surface area contributed by atoms with Gasteiger partial charge in [-0.25, -0.2) is 0 Å². The van der Waals surface area contributed by atoms with Crippen LogP contribution in [-0.4, -0.2) is 24.7 Å². The van der Waals surface area contributed by atoms with Crippen LogP contribution in [0.15, 0.2) is 16.1 Å². The average molecular weight is 221 g/mol. The van der Waals surface area contributed by atoms with E-state index < -0.39 is 17.5 Å². The van der Waals surface area contributed by atoms with Gasteiger partial charge in [0.1, 0.15) is 0 Å². The first-order chi connectivity index (χ1) is 6.75. The molecule has 0 unspecified atom stereocenters. The maximum Gasteiger partial charge on any atom is 0.418 e. The molecule has 2 nitrogen and oxygen atoms in total. The highest BCUT2D eigenvalue weighted by Gasteiger charge is 2.38. The van der Waals surface area contributed by atoms with E-state index in [2.05, 4.69) is 4.99 Å². The summed E-state index contributed by atoms with van der Waals surface area (Å²) in [7, 11) is 1.27. The highest BCUT2D eigenvalue weighted by molar-refractivity contribution is 6.07. The summed E-state index contributed by atoms with van der Waals surface area (Å²) in [5.74, 6) is -0.562. The molecule has 0 aromatic heterocycles. The number of hydrogen-bond donors (Lipinski definition) is 0. The molecule has 0 aromatic rings. The van der Waals surface area contributed by atoms with Crippen molar-refractivity contribution < 1.29 is 18.0 Å². The van der Waals surface area contributed by atoms with Crippen molar-refractivity contribution in [1.82, 2.24) is 0 Å². The van der Waals surface area contributed by atoms with Gasteiger partial charge in [0.2, 0.25) is 0 Å². The summed E-state index contributed by atoms with van der Waals surface area (Å²) in [6.07, 6.45) is -4.47. The van der Waals surface area contributed by atoms with E-state index in [0.29, 0.717) is 0 Å². The van der Waals surface area contributed by atoms with E-state index in [0.717, 1.165) is 6.92 Å². The van der Waals surface area contributed by atoms with Crippen LogP contribution in [0.3, 0.4) is 0 Å². The predicted octanol–water partition coefficient (Wildman–Crippen LogP) is 2.94. The molecule has 0 N–H and O–H groups in total. The van der Waals surface area contributed by atoms with Crippen molar-refractivity contribution in [3.8, 4) is 0 Å². The molecular weight excluding hydrogens is 207 g/mol. The average Bonchev–Trinajstić information content (AvgIpc) is 2.10. The fourth-order valence-corrected chi connectivity index (χ4v) is 1.31. The number of ketones is 1. The fraction of sp³-hybridized carbons (Fsp3) is 0.600. The van der Waals surface area contributed by atoms with Crippen molar-refractivity contribution in [1.29, 1.82) is 0 Å². The van der Waals surface area contributed by atoms with Crippen LogP contribution in [0.5, 0.6) is 0 Å². The van der Waals surface area contributed by atoms with Gasteiger partial charge in [0, 0.05) is 18.3 Å². The quantitative estimate of drug-likeness (QED) is 0.532. The molecule has 0 saturated heterocycles. The number of hydrogen-bond acceptors (Lipinski definition) is 2. The number of allylic oxidation sites excluding steroid dienone is 2. The van der Waals surface area contributed by atoms with Crippen LogP contribution < -0.4 is 0 Å². The summed E-state index contributed by atoms with van der Waals surface area (Å²) in [5.41, 5.74) is -1.28. The van der Waals surface area contributed by atoms with Gasteiger partial charge in [-0.15, -0.1) is 0 Å². The van der Waals surface area contributed by atoms with Crippen LogP contribution in [0.25, 0.3) is 0 Å². The van der Waals surface area contributed by atoms with Crippen molar-refractivity contribution in [2.24, 2.45) is 4.99 Å². The minimum atomic E-state index is -4.53. The summed E-state index contributed by atoms with van der Waals surface area (Å²) in [6.45, 7) is 3.90. The zero-order valence-electron chi connectivity index (χ0n) is 9.20. The summed E-state index contributed by atoms with van der Waals surface area (Å²) >= 11 is 0. The van der Waals surface area contributed by atoms with Gasteiger partial charge in [0.05, 0.1) is 5.57 Å². The number of alkyl halides is 3. The molecule has 15 heavy (non-hydrogen) atoms. The standard InChI is InChI=1S/C10H14F3NO/c1-5-8(7(3)15)9(6(2)14-4)10(11,12)13/h5H2,1-4H3/b9-8-,14-6?. The van der Waals surface area contributed by atoms with Crippen LogP contribution in [0, 0.1) is 0 Å². The molecule has 0 atom stereocenters. The monoisotopic (exact) mass is 221 g/mol. The molecule has 0 aliphatic heterocycles. The third-order valence-corrected chi connectivity index (χ3v) is 2.06. The topological polar surface area (TPSA) is 29.4 Å². The third kappa shape index (κ3) is 3.49. The van der Waals surface area contributed by atoms with Gasteiger partial charge in [0.15, 0.2) is 5.78 Å². The molecule has 0 heterocycles. The fourth-order valence-electron chi connectivity index (χ4n) is 1.31. The number of aliphatic imine (C=N–C) groups is 1. The number of Topliss-reactive ketones (excluding diaryl/α,β-unsaturated/α-hetero) is 1. The van der Waals surface area contributed by atoms with E-state index in [9.17, 15) is 18.0 Å². The number of carbonyl (C=O) groups excluding carboxylic acids is 1. The van der Waals surface area contributed by atoms with E-state index in [4.69, 9.17) is 0 Å². The van der Waals surface area contributed by atoms with Crippen molar-refractivity contribution in [3.05, 3.63) is 11.1 Å². The Morgan fingerprint density at radius 3 is 1.93 bits per heavy atom. The molecule has 0 spiro atoms.